The molecule has 0 spiro atoms. The molecule has 0 aliphatic carbocycles. The van der Waals surface area contributed by atoms with Crippen LogP contribution in [-0.2, 0) is 0 Å². The second-order valence-corrected chi connectivity index (χ2v) is 7.14. The van der Waals surface area contributed by atoms with E-state index >= 15 is 0 Å². The summed E-state index contributed by atoms with van der Waals surface area (Å²) in [6.45, 7) is 3.64. The van der Waals surface area contributed by atoms with Crippen LogP contribution < -0.4 is 10.2 Å². The van der Waals surface area contributed by atoms with Crippen LogP contribution in [-0.4, -0.2) is 36.0 Å². The summed E-state index contributed by atoms with van der Waals surface area (Å²) in [5, 5.41) is 11.9. The molecule has 6 heteroatoms. The first-order valence-electron chi connectivity index (χ1n) is 9.65. The smallest absolute Gasteiger partial charge is 0.257 e. The number of rotatable bonds is 3. The number of amides is 2. The Labute approximate surface area is 164 Å². The second-order valence-electron chi connectivity index (χ2n) is 7.14. The number of nitrogens with zero attached hydrogens (tertiary/aromatic N) is 3. The average Bonchev–Trinajstić information content (AvgIpc) is 2.74. The van der Waals surface area contributed by atoms with Crippen molar-refractivity contribution in [3.8, 4) is 6.07 Å². The van der Waals surface area contributed by atoms with Gasteiger partial charge in [-0.25, -0.2) is 0 Å². The fourth-order valence-electron chi connectivity index (χ4n) is 4.13. The predicted molar refractivity (Wildman–Crippen MR) is 107 cm³/mol. The first kappa shape index (κ1) is 18.1. The van der Waals surface area contributed by atoms with Crippen molar-refractivity contribution in [2.45, 2.75) is 32.4 Å². The third kappa shape index (κ3) is 3.09. The summed E-state index contributed by atoms with van der Waals surface area (Å²) in [6.07, 6.45) is 3.17. The predicted octanol–water partition coefficient (Wildman–Crippen LogP) is 3.60. The number of anilines is 2. The summed E-state index contributed by atoms with van der Waals surface area (Å²) in [5.41, 5.74) is 3.04. The van der Waals surface area contributed by atoms with Gasteiger partial charge in [-0.1, -0.05) is 6.07 Å². The Morgan fingerprint density at radius 1 is 1.25 bits per heavy atom. The Kier molecular flexibility index (Phi) is 4.74. The molecule has 2 aromatic rings. The highest BCUT2D eigenvalue weighted by Gasteiger charge is 2.38. The quantitative estimate of drug-likeness (QED) is 0.890. The van der Waals surface area contributed by atoms with Gasteiger partial charge in [-0.3, -0.25) is 9.59 Å². The highest BCUT2D eigenvalue weighted by atomic mass is 16.2. The molecule has 4 rings (SSSR count). The van der Waals surface area contributed by atoms with E-state index < -0.39 is 0 Å². The zero-order valence-electron chi connectivity index (χ0n) is 15.8. The van der Waals surface area contributed by atoms with E-state index in [9.17, 15) is 9.59 Å². The molecule has 2 aliphatic heterocycles. The van der Waals surface area contributed by atoms with Crippen LogP contribution in [0, 0.1) is 11.3 Å². The molecule has 1 saturated heterocycles. The third-order valence-electron chi connectivity index (χ3n) is 5.48. The van der Waals surface area contributed by atoms with Gasteiger partial charge in [0.1, 0.15) is 6.17 Å². The largest absolute Gasteiger partial charge is 0.351 e. The van der Waals surface area contributed by atoms with E-state index in [2.05, 4.69) is 23.2 Å². The number of hydrogen-bond acceptors (Lipinski definition) is 4. The molecule has 0 unspecified atom stereocenters. The number of hydrogen-bond donors (Lipinski definition) is 1. The fourth-order valence-corrected chi connectivity index (χ4v) is 4.13. The summed E-state index contributed by atoms with van der Waals surface area (Å²) >= 11 is 0. The van der Waals surface area contributed by atoms with E-state index in [4.69, 9.17) is 5.26 Å². The monoisotopic (exact) mass is 374 g/mol. The first-order chi connectivity index (χ1) is 13.6. The van der Waals surface area contributed by atoms with Crippen LogP contribution in [0.25, 0.3) is 0 Å². The van der Waals surface area contributed by atoms with Crippen LogP contribution in [0.1, 0.15) is 52.5 Å². The average molecular weight is 374 g/mol. The van der Waals surface area contributed by atoms with Gasteiger partial charge in [-0.2, -0.15) is 5.26 Å². The zero-order valence-corrected chi connectivity index (χ0v) is 15.8. The molecular formula is C22H22N4O2. The number of nitriles is 1. The molecule has 1 atom stereocenters. The van der Waals surface area contributed by atoms with Crippen molar-refractivity contribution in [1.82, 2.24) is 4.90 Å². The van der Waals surface area contributed by atoms with E-state index in [1.165, 1.54) is 0 Å². The van der Waals surface area contributed by atoms with Crippen molar-refractivity contribution in [3.63, 3.8) is 0 Å². The van der Waals surface area contributed by atoms with Gasteiger partial charge in [0.2, 0.25) is 0 Å². The maximum atomic E-state index is 12.9. The Hall–Kier alpha value is -3.33. The van der Waals surface area contributed by atoms with Gasteiger partial charge in [-0.05, 0) is 62.6 Å². The Morgan fingerprint density at radius 2 is 2.11 bits per heavy atom. The maximum absolute atomic E-state index is 12.9. The second kappa shape index (κ2) is 7.35. The lowest BCUT2D eigenvalue weighted by Gasteiger charge is -2.47. The van der Waals surface area contributed by atoms with Gasteiger partial charge < -0.3 is 15.1 Å². The van der Waals surface area contributed by atoms with Crippen LogP contribution in [0.4, 0.5) is 11.4 Å². The van der Waals surface area contributed by atoms with Crippen molar-refractivity contribution in [2.75, 3.05) is 23.3 Å². The molecule has 142 valence electrons. The summed E-state index contributed by atoms with van der Waals surface area (Å²) in [5.74, 6) is -0.203. The van der Waals surface area contributed by atoms with Crippen molar-refractivity contribution in [2.24, 2.45) is 0 Å². The number of benzene rings is 2. The van der Waals surface area contributed by atoms with Crippen molar-refractivity contribution in [3.05, 3.63) is 59.2 Å². The molecule has 6 nitrogen and oxygen atoms in total. The molecular weight excluding hydrogens is 352 g/mol. The van der Waals surface area contributed by atoms with Gasteiger partial charge >= 0.3 is 0 Å². The molecule has 0 saturated carbocycles. The van der Waals surface area contributed by atoms with Crippen LogP contribution >= 0.6 is 0 Å². The minimum Gasteiger partial charge on any atom is -0.351 e. The minimum absolute atomic E-state index is 0.0538. The van der Waals surface area contributed by atoms with Gasteiger partial charge in [0.05, 0.1) is 22.9 Å². The molecule has 2 heterocycles. The molecule has 1 fully saturated rings. The number of carbonyl (C=O) groups is 2. The normalized spacial score (nSPS) is 18.1. The highest BCUT2D eigenvalue weighted by molar-refractivity contribution is 6.08. The fraction of sp³-hybridized carbons (Fsp3) is 0.318. The maximum Gasteiger partial charge on any atom is 0.257 e. The zero-order chi connectivity index (χ0) is 19.7. The van der Waals surface area contributed by atoms with E-state index in [0.717, 1.165) is 38.0 Å². The third-order valence-corrected chi connectivity index (χ3v) is 5.48. The SMILES string of the molecule is CCN1c2cc(C(=O)Nc3cccc(C#N)c3)ccc2C(=O)N2CCCC[C@@H]21. The minimum atomic E-state index is -0.257. The molecule has 2 aliphatic rings. The topological polar surface area (TPSA) is 76.4 Å². The lowest BCUT2D eigenvalue weighted by Crippen LogP contribution is -2.57. The van der Waals surface area contributed by atoms with Gasteiger partial charge in [0.25, 0.3) is 11.8 Å². The van der Waals surface area contributed by atoms with Gasteiger partial charge in [0.15, 0.2) is 0 Å². The Morgan fingerprint density at radius 3 is 2.89 bits per heavy atom. The summed E-state index contributed by atoms with van der Waals surface area (Å²) in [6, 6.07) is 14.1. The molecule has 2 aromatic carbocycles. The Balaban J connectivity index is 1.65. The van der Waals surface area contributed by atoms with Gasteiger partial charge in [0, 0.05) is 24.3 Å². The van der Waals surface area contributed by atoms with E-state index in [1.54, 1.807) is 36.4 Å². The lowest BCUT2D eigenvalue weighted by atomic mass is 9.97. The number of fused-ring (bicyclic) bond motifs is 2. The molecule has 2 amide bonds. The van der Waals surface area contributed by atoms with E-state index in [1.807, 2.05) is 11.0 Å². The molecule has 1 N–H and O–H groups in total. The molecule has 0 radical (unpaired) electrons. The van der Waals surface area contributed by atoms with Crippen molar-refractivity contribution in [1.29, 1.82) is 5.26 Å². The van der Waals surface area contributed by atoms with Crippen LogP contribution in [0.5, 0.6) is 0 Å². The number of nitrogens with one attached hydrogen (secondary N) is 1. The van der Waals surface area contributed by atoms with Crippen LogP contribution in [0.15, 0.2) is 42.5 Å². The Bertz CT molecular complexity index is 979. The molecule has 28 heavy (non-hydrogen) atoms. The standard InChI is InChI=1S/C22H22N4O2/c1-2-25-19-13-16(21(27)24-17-7-5-6-15(12-17)14-23)9-10-18(19)22(28)26-11-4-3-8-20(25)26/h5-7,9-10,12-13,20H,2-4,8,11H2,1H3,(H,24,27)/t20-/m1/s1. The van der Waals surface area contributed by atoms with Crippen LogP contribution in [0.3, 0.4) is 0 Å². The molecule has 0 bridgehead atoms. The van der Waals surface area contributed by atoms with E-state index in [0.29, 0.717) is 22.4 Å². The van der Waals surface area contributed by atoms with Crippen molar-refractivity contribution >= 4 is 23.2 Å². The van der Waals surface area contributed by atoms with Crippen LogP contribution in [0.2, 0.25) is 0 Å². The lowest BCUT2D eigenvalue weighted by molar-refractivity contribution is 0.0582. The summed E-state index contributed by atoms with van der Waals surface area (Å²) in [7, 11) is 0. The molecule has 0 aromatic heterocycles. The number of carbonyl (C=O) groups excluding carboxylic acids is 2. The number of piperidine rings is 1. The summed E-state index contributed by atoms with van der Waals surface area (Å²) < 4.78 is 0. The summed E-state index contributed by atoms with van der Waals surface area (Å²) in [4.78, 5) is 29.9. The van der Waals surface area contributed by atoms with Crippen molar-refractivity contribution < 1.29 is 9.59 Å². The first-order valence-corrected chi connectivity index (χ1v) is 9.65. The van der Waals surface area contributed by atoms with E-state index in [-0.39, 0.29) is 18.0 Å². The highest BCUT2D eigenvalue weighted by Crippen LogP contribution is 2.35. The van der Waals surface area contributed by atoms with Gasteiger partial charge in [-0.15, -0.1) is 0 Å².